The zero-order chi connectivity index (χ0) is 27.0. The van der Waals surface area contributed by atoms with Crippen molar-refractivity contribution in [3.05, 3.63) is 60.2 Å². The van der Waals surface area contributed by atoms with Gasteiger partial charge in [-0.3, -0.25) is 0 Å². The lowest BCUT2D eigenvalue weighted by molar-refractivity contribution is 0.0553. The summed E-state index contributed by atoms with van der Waals surface area (Å²) >= 11 is 0. The first-order chi connectivity index (χ1) is 18.3. The highest BCUT2D eigenvalue weighted by Crippen LogP contribution is 2.23. The first-order valence-electron chi connectivity index (χ1n) is 12.9. The van der Waals surface area contributed by atoms with Crippen molar-refractivity contribution in [1.29, 1.82) is 0 Å². The van der Waals surface area contributed by atoms with Crippen LogP contribution in [0.4, 0.5) is 4.79 Å². The van der Waals surface area contributed by atoms with Gasteiger partial charge in [-0.2, -0.15) is 4.31 Å². The van der Waals surface area contributed by atoms with Gasteiger partial charge in [0, 0.05) is 26.1 Å². The topological polar surface area (TPSA) is 124 Å². The second kappa shape index (κ2) is 13.4. The Hall–Kier alpha value is -2.70. The van der Waals surface area contributed by atoms with E-state index in [1.54, 1.807) is 12.1 Å². The van der Waals surface area contributed by atoms with Crippen molar-refractivity contribution in [3.63, 3.8) is 0 Å². The number of benzene rings is 2. The number of alkyl carbamates (subject to hydrolysis) is 1. The van der Waals surface area contributed by atoms with Crippen LogP contribution in [0.1, 0.15) is 24.8 Å². The Balaban J connectivity index is 1.54. The fourth-order valence-corrected chi connectivity index (χ4v) is 6.10. The number of nitrogens with one attached hydrogen (secondary N) is 1. The van der Waals surface area contributed by atoms with E-state index in [4.69, 9.17) is 18.9 Å². The summed E-state index contributed by atoms with van der Waals surface area (Å²) in [7, 11) is -2.48. The number of nitrogens with zero attached hydrogens (tertiary/aromatic N) is 1. The second-order valence-corrected chi connectivity index (χ2v) is 11.5. The van der Waals surface area contributed by atoms with E-state index < -0.39 is 28.3 Å². The Morgan fingerprint density at radius 2 is 1.89 bits per heavy atom. The van der Waals surface area contributed by atoms with Gasteiger partial charge in [0.15, 0.2) is 0 Å². The molecule has 11 heteroatoms. The van der Waals surface area contributed by atoms with Gasteiger partial charge in [0.2, 0.25) is 10.0 Å². The minimum absolute atomic E-state index is 0.0803. The third-order valence-corrected chi connectivity index (χ3v) is 8.59. The molecule has 4 atom stereocenters. The highest BCUT2D eigenvalue weighted by Gasteiger charge is 2.34. The molecule has 0 saturated carbocycles. The van der Waals surface area contributed by atoms with Crippen LogP contribution < -0.4 is 10.1 Å². The van der Waals surface area contributed by atoms with E-state index in [1.165, 1.54) is 23.5 Å². The molecule has 2 aliphatic heterocycles. The summed E-state index contributed by atoms with van der Waals surface area (Å²) in [6, 6.07) is 14.7. The van der Waals surface area contributed by atoms with Crippen LogP contribution in [0.3, 0.4) is 0 Å². The van der Waals surface area contributed by atoms with Crippen molar-refractivity contribution in [2.75, 3.05) is 40.0 Å². The van der Waals surface area contributed by atoms with E-state index >= 15 is 0 Å². The van der Waals surface area contributed by atoms with E-state index in [2.05, 4.69) is 5.32 Å². The van der Waals surface area contributed by atoms with Gasteiger partial charge in [-0.15, -0.1) is 0 Å². The first kappa shape index (κ1) is 28.3. The molecule has 1 amide bonds. The third-order valence-electron chi connectivity index (χ3n) is 6.75. The molecule has 2 fully saturated rings. The molecule has 0 aromatic heterocycles. The second-order valence-electron chi connectivity index (χ2n) is 9.53. The van der Waals surface area contributed by atoms with E-state index in [0.29, 0.717) is 32.0 Å². The summed E-state index contributed by atoms with van der Waals surface area (Å²) in [6.45, 7) is 1.27. The Bertz CT molecular complexity index is 1120. The number of ether oxygens (including phenoxy) is 4. The molecule has 2 aromatic rings. The van der Waals surface area contributed by atoms with Gasteiger partial charge in [0.25, 0.3) is 0 Å². The molecule has 2 aromatic carbocycles. The van der Waals surface area contributed by atoms with E-state index in [9.17, 15) is 18.3 Å². The largest absolute Gasteiger partial charge is 0.497 e. The lowest BCUT2D eigenvalue weighted by Crippen LogP contribution is -2.52. The Morgan fingerprint density at radius 1 is 1.13 bits per heavy atom. The molecule has 2 saturated heterocycles. The number of aliphatic hydroxyl groups is 1. The summed E-state index contributed by atoms with van der Waals surface area (Å²) in [4.78, 5) is 12.8. The predicted molar refractivity (Wildman–Crippen MR) is 140 cm³/mol. The quantitative estimate of drug-likeness (QED) is 0.414. The average molecular weight is 549 g/mol. The lowest BCUT2D eigenvalue weighted by atomic mass is 10.0. The zero-order valence-electron chi connectivity index (χ0n) is 21.5. The van der Waals surface area contributed by atoms with Crippen molar-refractivity contribution in [3.8, 4) is 5.75 Å². The normalized spacial score (nSPS) is 21.2. The predicted octanol–water partition coefficient (Wildman–Crippen LogP) is 2.35. The maximum Gasteiger partial charge on any atom is 0.407 e. The maximum atomic E-state index is 13.7. The first-order valence-corrected chi connectivity index (χ1v) is 14.3. The molecule has 2 aliphatic rings. The van der Waals surface area contributed by atoms with Gasteiger partial charge >= 0.3 is 6.09 Å². The molecule has 2 heterocycles. The summed E-state index contributed by atoms with van der Waals surface area (Å²) < 4.78 is 50.2. The summed E-state index contributed by atoms with van der Waals surface area (Å²) in [5.74, 6) is 0.535. The van der Waals surface area contributed by atoms with Crippen LogP contribution in [0.2, 0.25) is 0 Å². The summed E-state index contributed by atoms with van der Waals surface area (Å²) in [5.41, 5.74) is 0.879. The van der Waals surface area contributed by atoms with Crippen molar-refractivity contribution >= 4 is 16.1 Å². The number of sulfonamides is 1. The monoisotopic (exact) mass is 548 g/mol. The molecular weight excluding hydrogens is 512 g/mol. The van der Waals surface area contributed by atoms with Gasteiger partial charge in [-0.25, -0.2) is 13.2 Å². The average Bonchev–Trinajstić information content (AvgIpc) is 3.63. The Morgan fingerprint density at radius 3 is 2.53 bits per heavy atom. The van der Waals surface area contributed by atoms with Crippen LogP contribution in [-0.4, -0.2) is 88.3 Å². The van der Waals surface area contributed by atoms with Gasteiger partial charge < -0.3 is 29.4 Å². The van der Waals surface area contributed by atoms with Crippen molar-refractivity contribution < 1.29 is 37.3 Å². The molecule has 4 rings (SSSR count). The minimum Gasteiger partial charge on any atom is -0.497 e. The van der Waals surface area contributed by atoms with Gasteiger partial charge in [0.05, 0.1) is 43.5 Å². The van der Waals surface area contributed by atoms with E-state index in [1.807, 2.05) is 30.3 Å². The molecule has 10 nitrogen and oxygen atoms in total. The van der Waals surface area contributed by atoms with E-state index in [0.717, 1.165) is 18.4 Å². The van der Waals surface area contributed by atoms with Crippen molar-refractivity contribution in [2.24, 2.45) is 0 Å². The fourth-order valence-electron chi connectivity index (χ4n) is 4.61. The molecule has 2 unspecified atom stereocenters. The summed E-state index contributed by atoms with van der Waals surface area (Å²) in [5, 5.41) is 14.1. The van der Waals surface area contributed by atoms with Gasteiger partial charge in [-0.05, 0) is 49.1 Å². The van der Waals surface area contributed by atoms with Crippen LogP contribution in [0.5, 0.6) is 5.75 Å². The lowest BCUT2D eigenvalue weighted by Gasteiger charge is -2.31. The zero-order valence-corrected chi connectivity index (χ0v) is 22.3. The van der Waals surface area contributed by atoms with Crippen LogP contribution in [-0.2, 0) is 30.7 Å². The Labute approximate surface area is 223 Å². The number of hydrogen-bond donors (Lipinski definition) is 2. The molecule has 0 radical (unpaired) electrons. The summed E-state index contributed by atoms with van der Waals surface area (Å²) in [6.07, 6.45) is -0.0613. The third kappa shape index (κ3) is 7.67. The number of amides is 1. The van der Waals surface area contributed by atoms with Crippen LogP contribution in [0.25, 0.3) is 0 Å². The highest BCUT2D eigenvalue weighted by atomic mass is 32.2. The number of aliphatic hydroxyl groups excluding tert-OH is 1. The van der Waals surface area contributed by atoms with Crippen molar-refractivity contribution in [2.45, 2.75) is 54.9 Å². The Kier molecular flexibility index (Phi) is 9.97. The van der Waals surface area contributed by atoms with E-state index in [-0.39, 0.29) is 36.6 Å². The van der Waals surface area contributed by atoms with Crippen LogP contribution >= 0.6 is 0 Å². The van der Waals surface area contributed by atoms with Gasteiger partial charge in [0.1, 0.15) is 11.9 Å². The SMILES string of the molecule is COc1ccc(S(=O)(=O)N(CC2CCCO2)C[C@H](O)C(Cc2ccccc2)NC(=O)O[C@H]2CCOC2)cc1. The fraction of sp³-hybridized carbons (Fsp3) is 0.519. The number of rotatable bonds is 12. The number of carbonyl (C=O) groups excluding carboxylic acids is 1. The number of methoxy groups -OCH3 is 1. The number of carbonyl (C=O) groups is 1. The molecule has 208 valence electrons. The highest BCUT2D eigenvalue weighted by molar-refractivity contribution is 7.89. The molecular formula is C27H36N2O8S. The minimum atomic E-state index is -3.98. The molecule has 0 bridgehead atoms. The molecule has 2 N–H and O–H groups in total. The molecule has 0 aliphatic carbocycles. The standard InChI is InChI=1S/C27H36N2O8S/c1-34-21-9-11-24(12-10-21)38(32,33)29(17-22-8-5-14-36-22)18-26(30)25(16-20-6-3-2-4-7-20)28-27(31)37-23-13-15-35-19-23/h2-4,6-7,9-12,22-23,25-26,30H,5,8,13-19H2,1H3,(H,28,31)/t22?,23-,25?,26-/m0/s1. The molecule has 38 heavy (non-hydrogen) atoms. The van der Waals surface area contributed by atoms with Crippen LogP contribution in [0, 0.1) is 0 Å². The van der Waals surface area contributed by atoms with Crippen molar-refractivity contribution in [1.82, 2.24) is 9.62 Å². The number of hydrogen-bond acceptors (Lipinski definition) is 8. The maximum absolute atomic E-state index is 13.7. The van der Waals surface area contributed by atoms with Crippen LogP contribution in [0.15, 0.2) is 59.5 Å². The van der Waals surface area contributed by atoms with Gasteiger partial charge in [-0.1, -0.05) is 30.3 Å². The smallest absolute Gasteiger partial charge is 0.407 e. The molecule has 0 spiro atoms.